The molecular weight excluding hydrogens is 384 g/mol. The van der Waals surface area contributed by atoms with Gasteiger partial charge in [0.15, 0.2) is 0 Å². The number of anilines is 1. The van der Waals surface area contributed by atoms with Gasteiger partial charge in [-0.25, -0.2) is 0 Å². The quantitative estimate of drug-likeness (QED) is 0.524. The summed E-state index contributed by atoms with van der Waals surface area (Å²) >= 11 is 0. The second-order valence-electron chi connectivity index (χ2n) is 9.21. The molecule has 0 atom stereocenters. The summed E-state index contributed by atoms with van der Waals surface area (Å²) in [6.45, 7) is 0.540. The Balaban J connectivity index is 1.60. The van der Waals surface area contributed by atoms with Crippen LogP contribution in [0, 0.1) is 0 Å². The molecule has 0 spiro atoms. The van der Waals surface area contributed by atoms with Gasteiger partial charge in [0.25, 0.3) is 0 Å². The summed E-state index contributed by atoms with van der Waals surface area (Å²) in [5.41, 5.74) is 18.0. The van der Waals surface area contributed by atoms with E-state index >= 15 is 0 Å². The third kappa shape index (κ3) is 3.84. The van der Waals surface area contributed by atoms with E-state index in [9.17, 15) is 4.79 Å². The molecule has 0 amide bonds. The molecule has 1 aromatic heterocycles. The van der Waals surface area contributed by atoms with Gasteiger partial charge in [-0.05, 0) is 67.3 Å². The molecule has 0 unspecified atom stereocenters. The summed E-state index contributed by atoms with van der Waals surface area (Å²) in [6, 6.07) is 15.5. The van der Waals surface area contributed by atoms with Gasteiger partial charge in [-0.1, -0.05) is 30.3 Å². The molecule has 5 nitrogen and oxygen atoms in total. The lowest BCUT2D eigenvalue weighted by Crippen LogP contribution is -2.33. The van der Waals surface area contributed by atoms with E-state index in [4.69, 9.17) is 16.5 Å². The lowest BCUT2D eigenvalue weighted by molar-refractivity contribution is -0.109. The van der Waals surface area contributed by atoms with Crippen LogP contribution in [0.25, 0.3) is 22.0 Å². The highest BCUT2D eigenvalue weighted by Gasteiger charge is 2.46. The van der Waals surface area contributed by atoms with Gasteiger partial charge in [0.05, 0.1) is 10.9 Å². The summed E-state index contributed by atoms with van der Waals surface area (Å²) in [4.78, 5) is 16.7. The zero-order valence-electron chi connectivity index (χ0n) is 17.8. The topological polar surface area (TPSA) is 94.0 Å². The highest BCUT2D eigenvalue weighted by atomic mass is 16.1. The van der Waals surface area contributed by atoms with Crippen molar-refractivity contribution >= 4 is 22.9 Å². The lowest BCUT2D eigenvalue weighted by Gasteiger charge is -2.29. The van der Waals surface area contributed by atoms with Gasteiger partial charge in [0, 0.05) is 41.5 Å². The molecule has 5 N–H and O–H groups in total. The number of hydrogen-bond donors (Lipinski definition) is 3. The summed E-state index contributed by atoms with van der Waals surface area (Å²) < 4.78 is 0. The number of nitrogens with zero attached hydrogens (tertiary/aromatic N) is 1. The second-order valence-corrected chi connectivity index (χ2v) is 9.21. The number of aldehydes is 1. The van der Waals surface area contributed by atoms with E-state index in [1.807, 2.05) is 6.20 Å². The van der Waals surface area contributed by atoms with Crippen LogP contribution in [0.5, 0.6) is 0 Å². The van der Waals surface area contributed by atoms with Crippen LogP contribution in [0.4, 0.5) is 5.69 Å². The summed E-state index contributed by atoms with van der Waals surface area (Å²) in [5.74, 6) is 0. The molecule has 5 heteroatoms. The minimum absolute atomic E-state index is 0.305. The number of hydrogen-bond acceptors (Lipinski definition) is 5. The Labute approximate surface area is 183 Å². The van der Waals surface area contributed by atoms with Crippen molar-refractivity contribution in [3.63, 3.8) is 0 Å². The van der Waals surface area contributed by atoms with Crippen molar-refractivity contribution in [2.45, 2.75) is 62.6 Å². The van der Waals surface area contributed by atoms with E-state index in [0.29, 0.717) is 18.6 Å². The van der Waals surface area contributed by atoms with Gasteiger partial charge in [-0.3, -0.25) is 4.98 Å². The number of carbonyl (C=O) groups is 1. The number of nitrogens with one attached hydrogen (secondary N) is 1. The molecule has 0 radical (unpaired) electrons. The first-order chi connectivity index (χ1) is 15.1. The Kier molecular flexibility index (Phi) is 5.24. The number of fused-ring (bicyclic) bond motifs is 1. The number of carbonyl (C=O) groups excluding carboxylic acids is 1. The Bertz CT molecular complexity index is 1100. The van der Waals surface area contributed by atoms with Crippen LogP contribution >= 0.6 is 0 Å². The average Bonchev–Trinajstić information content (AvgIpc) is 3.61. The molecule has 0 saturated heterocycles. The maximum atomic E-state index is 12.0. The Morgan fingerprint density at radius 1 is 1.03 bits per heavy atom. The van der Waals surface area contributed by atoms with E-state index in [-0.39, 0.29) is 5.41 Å². The molecule has 2 fully saturated rings. The predicted octanol–water partition coefficient (Wildman–Crippen LogP) is 4.27. The largest absolute Gasteiger partial charge is 0.381 e. The minimum Gasteiger partial charge on any atom is -0.381 e. The molecule has 160 valence electrons. The fourth-order valence-corrected chi connectivity index (χ4v) is 4.79. The monoisotopic (exact) mass is 414 g/mol. The molecule has 3 aromatic rings. The zero-order valence-corrected chi connectivity index (χ0v) is 17.8. The van der Waals surface area contributed by atoms with E-state index in [1.165, 1.54) is 0 Å². The van der Waals surface area contributed by atoms with Crippen LogP contribution in [0.2, 0.25) is 0 Å². The molecular formula is C26H30N4O. The van der Waals surface area contributed by atoms with Crippen LogP contribution < -0.4 is 16.8 Å². The number of rotatable bonds is 6. The van der Waals surface area contributed by atoms with Crippen molar-refractivity contribution in [3.05, 3.63) is 59.8 Å². The van der Waals surface area contributed by atoms with Gasteiger partial charge in [-0.15, -0.1) is 0 Å². The first-order valence-corrected chi connectivity index (χ1v) is 11.3. The van der Waals surface area contributed by atoms with Crippen molar-refractivity contribution in [1.29, 1.82) is 0 Å². The summed E-state index contributed by atoms with van der Waals surface area (Å²) in [5, 5.41) is 4.90. The van der Waals surface area contributed by atoms with Crippen LogP contribution in [-0.4, -0.2) is 23.4 Å². The molecule has 0 bridgehead atoms. The van der Waals surface area contributed by atoms with E-state index in [2.05, 4.69) is 47.8 Å². The Hall–Kier alpha value is -2.76. The van der Waals surface area contributed by atoms with Crippen molar-refractivity contribution in [2.24, 2.45) is 11.5 Å². The fourth-order valence-electron chi connectivity index (χ4n) is 4.79. The fraction of sp³-hybridized carbons (Fsp3) is 0.385. The van der Waals surface area contributed by atoms with E-state index in [1.54, 1.807) is 0 Å². The standard InChI is InChI=1S/C26H30N4O/c27-14-17-1-3-18(4-2-17)19-5-10-24-22(13-19)25(30-21-8-6-20(28)7-9-21)23(15-29-24)26(16-31)11-12-26/h1-5,10,13,15-16,20-21H,6-9,11-12,14,27-28H2,(H,29,30)/t20-,21-. The van der Waals surface area contributed by atoms with Crippen LogP contribution in [-0.2, 0) is 16.8 Å². The highest BCUT2D eigenvalue weighted by Crippen LogP contribution is 2.50. The first kappa shape index (κ1) is 20.2. The van der Waals surface area contributed by atoms with Gasteiger partial charge >= 0.3 is 0 Å². The van der Waals surface area contributed by atoms with Crippen LogP contribution in [0.1, 0.15) is 49.7 Å². The zero-order chi connectivity index (χ0) is 21.4. The normalized spacial score (nSPS) is 22.3. The van der Waals surface area contributed by atoms with Crippen molar-refractivity contribution in [1.82, 2.24) is 4.98 Å². The van der Waals surface area contributed by atoms with Gasteiger partial charge < -0.3 is 21.6 Å². The summed E-state index contributed by atoms with van der Waals surface area (Å²) in [7, 11) is 0. The lowest BCUT2D eigenvalue weighted by atomic mass is 9.89. The third-order valence-corrected chi connectivity index (χ3v) is 7.06. The predicted molar refractivity (Wildman–Crippen MR) is 126 cm³/mol. The molecule has 2 aromatic carbocycles. The third-order valence-electron chi connectivity index (χ3n) is 7.06. The van der Waals surface area contributed by atoms with Gasteiger partial charge in [0.2, 0.25) is 0 Å². The molecule has 2 aliphatic carbocycles. The number of benzene rings is 2. The average molecular weight is 415 g/mol. The molecule has 1 heterocycles. The van der Waals surface area contributed by atoms with E-state index in [0.717, 1.165) is 83.7 Å². The molecule has 31 heavy (non-hydrogen) atoms. The van der Waals surface area contributed by atoms with Crippen molar-refractivity contribution < 1.29 is 4.79 Å². The molecule has 0 aliphatic heterocycles. The maximum Gasteiger partial charge on any atom is 0.130 e. The smallest absolute Gasteiger partial charge is 0.130 e. The van der Waals surface area contributed by atoms with Crippen molar-refractivity contribution in [2.75, 3.05) is 5.32 Å². The van der Waals surface area contributed by atoms with Gasteiger partial charge in [0.1, 0.15) is 6.29 Å². The summed E-state index contributed by atoms with van der Waals surface area (Å²) in [6.07, 6.45) is 9.00. The number of pyridine rings is 1. The van der Waals surface area contributed by atoms with Gasteiger partial charge in [-0.2, -0.15) is 0 Å². The molecule has 5 rings (SSSR count). The highest BCUT2D eigenvalue weighted by molar-refractivity contribution is 5.98. The second kappa shape index (κ2) is 8.06. The Morgan fingerprint density at radius 2 is 1.74 bits per heavy atom. The SMILES string of the molecule is NCc1ccc(-c2ccc3ncc(C4(C=O)CC4)c(N[C@H]4CC[C@H](N)CC4)c3c2)cc1. The van der Waals surface area contributed by atoms with Crippen LogP contribution in [0.15, 0.2) is 48.7 Å². The maximum absolute atomic E-state index is 12.0. The molecule has 2 aliphatic rings. The number of aromatic nitrogens is 1. The number of nitrogens with two attached hydrogens (primary N) is 2. The first-order valence-electron chi connectivity index (χ1n) is 11.3. The van der Waals surface area contributed by atoms with E-state index < -0.39 is 0 Å². The van der Waals surface area contributed by atoms with Crippen molar-refractivity contribution in [3.8, 4) is 11.1 Å². The Morgan fingerprint density at radius 3 is 2.39 bits per heavy atom. The molecule has 2 saturated carbocycles. The van der Waals surface area contributed by atoms with Crippen LogP contribution in [0.3, 0.4) is 0 Å². The minimum atomic E-state index is -0.382.